The summed E-state index contributed by atoms with van der Waals surface area (Å²) in [7, 11) is 1.71. The Bertz CT molecular complexity index is 587. The van der Waals surface area contributed by atoms with Gasteiger partial charge in [0.1, 0.15) is 5.75 Å². The highest BCUT2D eigenvalue weighted by atomic mass is 16.5. The molecule has 1 N–H and O–H groups in total. The summed E-state index contributed by atoms with van der Waals surface area (Å²) >= 11 is 0. The first kappa shape index (κ1) is 13.0. The quantitative estimate of drug-likeness (QED) is 0.888. The van der Waals surface area contributed by atoms with E-state index in [9.17, 15) is 0 Å². The maximum atomic E-state index is 5.25. The normalized spacial score (nSPS) is 21.1. The van der Waals surface area contributed by atoms with Gasteiger partial charge in [0, 0.05) is 17.8 Å². The van der Waals surface area contributed by atoms with Crippen LogP contribution in [0.2, 0.25) is 0 Å². The Morgan fingerprint density at radius 3 is 2.60 bits per heavy atom. The largest absolute Gasteiger partial charge is 0.497 e. The first-order chi connectivity index (χ1) is 9.76. The fourth-order valence-electron chi connectivity index (χ4n) is 2.98. The molecule has 104 valence electrons. The van der Waals surface area contributed by atoms with Crippen LogP contribution in [0, 0.1) is 6.92 Å². The van der Waals surface area contributed by atoms with Gasteiger partial charge in [-0.25, -0.2) is 0 Å². The first-order valence-corrected chi connectivity index (χ1v) is 7.22. The average molecular weight is 267 g/mol. The minimum absolute atomic E-state index is 0.576. The Kier molecular flexibility index (Phi) is 3.64. The van der Waals surface area contributed by atoms with E-state index < -0.39 is 0 Å². The molecule has 20 heavy (non-hydrogen) atoms. The summed E-state index contributed by atoms with van der Waals surface area (Å²) in [5.74, 6) is 1.61. The lowest BCUT2D eigenvalue weighted by molar-refractivity contribution is 0.372. The Labute approximate surface area is 120 Å². The zero-order valence-corrected chi connectivity index (χ0v) is 12.1. The van der Waals surface area contributed by atoms with E-state index >= 15 is 0 Å². The van der Waals surface area contributed by atoms with Crippen molar-refractivity contribution in [1.29, 1.82) is 0 Å². The Morgan fingerprint density at radius 1 is 1.05 bits per heavy atom. The van der Waals surface area contributed by atoms with Crippen LogP contribution in [0.4, 0.5) is 5.69 Å². The van der Waals surface area contributed by atoms with Gasteiger partial charge < -0.3 is 10.1 Å². The van der Waals surface area contributed by atoms with Gasteiger partial charge in [0.25, 0.3) is 0 Å². The molecule has 0 spiro atoms. The molecule has 1 fully saturated rings. The molecule has 0 aromatic heterocycles. The van der Waals surface area contributed by atoms with Crippen LogP contribution in [0.3, 0.4) is 0 Å². The topological polar surface area (TPSA) is 21.3 Å². The third-order valence-electron chi connectivity index (χ3n) is 4.21. The third-order valence-corrected chi connectivity index (χ3v) is 4.21. The highest BCUT2D eigenvalue weighted by Gasteiger charge is 2.30. The van der Waals surface area contributed by atoms with E-state index in [0.717, 1.165) is 11.4 Å². The van der Waals surface area contributed by atoms with Gasteiger partial charge in [-0.1, -0.05) is 30.3 Å². The Balaban J connectivity index is 1.59. The Hall–Kier alpha value is -1.96. The predicted octanol–water partition coefficient (Wildman–Crippen LogP) is 4.36. The van der Waals surface area contributed by atoms with Gasteiger partial charge in [0.15, 0.2) is 0 Å². The highest BCUT2D eigenvalue weighted by Crippen LogP contribution is 2.39. The standard InChI is InChI=1S/C18H21NO/c1-13-6-3-4-9-18(13)14-10-16(11-14)19-15-7-5-8-17(12-15)20-2/h3-9,12,14,16,19H,10-11H2,1-2H3. The van der Waals surface area contributed by atoms with Crippen molar-refractivity contribution in [2.24, 2.45) is 0 Å². The minimum Gasteiger partial charge on any atom is -0.497 e. The van der Waals surface area contributed by atoms with E-state index in [2.05, 4.69) is 48.6 Å². The summed E-state index contributed by atoms with van der Waals surface area (Å²) in [5.41, 5.74) is 4.08. The van der Waals surface area contributed by atoms with E-state index in [1.807, 2.05) is 12.1 Å². The molecule has 2 aromatic rings. The van der Waals surface area contributed by atoms with Crippen molar-refractivity contribution in [3.8, 4) is 5.75 Å². The molecule has 0 unspecified atom stereocenters. The molecule has 0 heterocycles. The zero-order chi connectivity index (χ0) is 13.9. The lowest BCUT2D eigenvalue weighted by atomic mass is 9.74. The second kappa shape index (κ2) is 5.58. The fraction of sp³-hybridized carbons (Fsp3) is 0.333. The molecular weight excluding hydrogens is 246 g/mol. The molecule has 0 amide bonds. The molecular formula is C18H21NO. The van der Waals surface area contributed by atoms with Gasteiger partial charge in [0.2, 0.25) is 0 Å². The summed E-state index contributed by atoms with van der Waals surface area (Å²) in [4.78, 5) is 0. The van der Waals surface area contributed by atoms with Crippen LogP contribution in [0.25, 0.3) is 0 Å². The van der Waals surface area contributed by atoms with Gasteiger partial charge in [0.05, 0.1) is 7.11 Å². The zero-order valence-electron chi connectivity index (χ0n) is 12.1. The van der Waals surface area contributed by atoms with Crippen LogP contribution in [0.1, 0.15) is 29.9 Å². The van der Waals surface area contributed by atoms with Crippen molar-refractivity contribution >= 4 is 5.69 Å². The third kappa shape index (κ3) is 2.64. The number of methoxy groups -OCH3 is 1. The number of benzene rings is 2. The van der Waals surface area contributed by atoms with Crippen LogP contribution < -0.4 is 10.1 Å². The van der Waals surface area contributed by atoms with Crippen molar-refractivity contribution in [3.63, 3.8) is 0 Å². The van der Waals surface area contributed by atoms with Crippen molar-refractivity contribution in [3.05, 3.63) is 59.7 Å². The van der Waals surface area contributed by atoms with Crippen LogP contribution in [-0.4, -0.2) is 13.2 Å². The molecule has 0 bridgehead atoms. The van der Waals surface area contributed by atoms with Gasteiger partial charge in [-0.3, -0.25) is 0 Å². The molecule has 2 heteroatoms. The number of anilines is 1. The molecule has 1 aliphatic carbocycles. The number of aryl methyl sites for hydroxylation is 1. The van der Waals surface area contributed by atoms with Crippen molar-refractivity contribution in [2.75, 3.05) is 12.4 Å². The fourth-order valence-corrected chi connectivity index (χ4v) is 2.98. The number of hydrogen-bond acceptors (Lipinski definition) is 2. The SMILES string of the molecule is COc1cccc(NC2CC(c3ccccc3C)C2)c1. The van der Waals surface area contributed by atoms with Crippen LogP contribution in [0.15, 0.2) is 48.5 Å². The molecule has 2 aromatic carbocycles. The smallest absolute Gasteiger partial charge is 0.120 e. The molecule has 0 atom stereocenters. The first-order valence-electron chi connectivity index (χ1n) is 7.22. The van der Waals surface area contributed by atoms with Crippen molar-refractivity contribution in [1.82, 2.24) is 0 Å². The number of ether oxygens (including phenoxy) is 1. The molecule has 0 aliphatic heterocycles. The Morgan fingerprint density at radius 2 is 1.85 bits per heavy atom. The number of nitrogens with one attached hydrogen (secondary N) is 1. The maximum absolute atomic E-state index is 5.25. The second-order valence-corrected chi connectivity index (χ2v) is 5.60. The maximum Gasteiger partial charge on any atom is 0.120 e. The summed E-state index contributed by atoms with van der Waals surface area (Å²) < 4.78 is 5.25. The monoisotopic (exact) mass is 267 g/mol. The van der Waals surface area contributed by atoms with E-state index in [-0.39, 0.29) is 0 Å². The average Bonchev–Trinajstić information content (AvgIpc) is 2.44. The lowest BCUT2D eigenvalue weighted by Gasteiger charge is -2.37. The van der Waals surface area contributed by atoms with Gasteiger partial charge in [-0.05, 0) is 48.9 Å². The predicted molar refractivity (Wildman–Crippen MR) is 83.6 cm³/mol. The molecule has 1 saturated carbocycles. The van der Waals surface area contributed by atoms with Gasteiger partial charge in [-0.15, -0.1) is 0 Å². The van der Waals surface area contributed by atoms with Crippen LogP contribution in [-0.2, 0) is 0 Å². The van der Waals surface area contributed by atoms with Gasteiger partial charge in [-0.2, -0.15) is 0 Å². The summed E-state index contributed by atoms with van der Waals surface area (Å²) in [5, 5.41) is 3.59. The summed E-state index contributed by atoms with van der Waals surface area (Å²) in [6.45, 7) is 2.21. The lowest BCUT2D eigenvalue weighted by Crippen LogP contribution is -2.34. The van der Waals surface area contributed by atoms with Gasteiger partial charge >= 0.3 is 0 Å². The molecule has 0 radical (unpaired) electrons. The van der Waals surface area contributed by atoms with Crippen molar-refractivity contribution in [2.45, 2.75) is 31.7 Å². The number of rotatable bonds is 4. The summed E-state index contributed by atoms with van der Waals surface area (Å²) in [6.07, 6.45) is 2.42. The highest BCUT2D eigenvalue weighted by molar-refractivity contribution is 5.49. The molecule has 3 rings (SSSR count). The van der Waals surface area contributed by atoms with Crippen LogP contribution >= 0.6 is 0 Å². The minimum atomic E-state index is 0.576. The summed E-state index contributed by atoms with van der Waals surface area (Å²) in [6, 6.07) is 17.5. The van der Waals surface area contributed by atoms with E-state index in [0.29, 0.717) is 12.0 Å². The van der Waals surface area contributed by atoms with E-state index in [1.54, 1.807) is 7.11 Å². The van der Waals surface area contributed by atoms with Crippen molar-refractivity contribution < 1.29 is 4.74 Å². The molecule has 2 nitrogen and oxygen atoms in total. The number of hydrogen-bond donors (Lipinski definition) is 1. The van der Waals surface area contributed by atoms with Crippen LogP contribution in [0.5, 0.6) is 5.75 Å². The second-order valence-electron chi connectivity index (χ2n) is 5.60. The molecule has 0 saturated heterocycles. The van der Waals surface area contributed by atoms with E-state index in [1.165, 1.54) is 24.0 Å². The van der Waals surface area contributed by atoms with E-state index in [4.69, 9.17) is 4.74 Å². The molecule has 1 aliphatic rings.